The van der Waals surface area contributed by atoms with E-state index in [0.717, 1.165) is 44.0 Å². The molecule has 130 valence electrons. The highest BCUT2D eigenvalue weighted by molar-refractivity contribution is 5.43. The van der Waals surface area contributed by atoms with E-state index in [0.29, 0.717) is 6.61 Å². The maximum absolute atomic E-state index is 5.88. The predicted molar refractivity (Wildman–Crippen MR) is 96.8 cm³/mol. The molecule has 0 atom stereocenters. The van der Waals surface area contributed by atoms with E-state index in [-0.39, 0.29) is 0 Å². The molecule has 0 bridgehead atoms. The number of benzene rings is 2. The van der Waals surface area contributed by atoms with Crippen LogP contribution in [0.4, 0.5) is 0 Å². The quantitative estimate of drug-likeness (QED) is 0.641. The number of methoxy groups -OCH3 is 2. The van der Waals surface area contributed by atoms with Crippen molar-refractivity contribution >= 4 is 0 Å². The largest absolute Gasteiger partial charge is 0.493 e. The Hall–Kier alpha value is -2.04. The molecule has 0 saturated heterocycles. The maximum Gasteiger partial charge on any atom is 0.161 e. The summed E-state index contributed by atoms with van der Waals surface area (Å²) in [5.41, 5.74) is 2.45. The van der Waals surface area contributed by atoms with Crippen molar-refractivity contribution in [2.75, 3.05) is 34.0 Å². The second-order valence-corrected chi connectivity index (χ2v) is 5.59. The molecule has 24 heavy (non-hydrogen) atoms. The molecule has 0 spiro atoms. The Morgan fingerprint density at radius 3 is 2.46 bits per heavy atom. The maximum atomic E-state index is 5.88. The number of hydrogen-bond acceptors (Lipinski definition) is 4. The minimum Gasteiger partial charge on any atom is -0.493 e. The second-order valence-electron chi connectivity index (χ2n) is 5.59. The number of ether oxygens (including phenoxy) is 3. The topological polar surface area (TPSA) is 39.7 Å². The lowest BCUT2D eigenvalue weighted by Crippen LogP contribution is -2.16. The fourth-order valence-electron chi connectivity index (χ4n) is 2.44. The van der Waals surface area contributed by atoms with Gasteiger partial charge in [0.2, 0.25) is 0 Å². The van der Waals surface area contributed by atoms with Crippen molar-refractivity contribution in [3.63, 3.8) is 0 Å². The first-order valence-electron chi connectivity index (χ1n) is 8.37. The Labute approximate surface area is 144 Å². The Balaban J connectivity index is 1.82. The van der Waals surface area contributed by atoms with Crippen molar-refractivity contribution < 1.29 is 14.2 Å². The van der Waals surface area contributed by atoms with Gasteiger partial charge in [0.25, 0.3) is 0 Å². The Kier molecular flexibility index (Phi) is 8.15. The predicted octanol–water partition coefficient (Wildman–Crippen LogP) is 3.44. The molecule has 0 fully saturated rings. The highest BCUT2D eigenvalue weighted by Gasteiger charge is 2.06. The Morgan fingerprint density at radius 1 is 0.875 bits per heavy atom. The van der Waals surface area contributed by atoms with E-state index in [1.807, 2.05) is 30.3 Å². The van der Waals surface area contributed by atoms with E-state index in [1.54, 1.807) is 14.2 Å². The van der Waals surface area contributed by atoms with Crippen molar-refractivity contribution in [1.82, 2.24) is 5.32 Å². The fourth-order valence-corrected chi connectivity index (χ4v) is 2.44. The van der Waals surface area contributed by atoms with Gasteiger partial charge in [0.05, 0.1) is 13.7 Å². The zero-order chi connectivity index (χ0) is 17.0. The smallest absolute Gasteiger partial charge is 0.161 e. The minimum absolute atomic E-state index is 0.634. The molecule has 0 aliphatic rings. The van der Waals surface area contributed by atoms with Crippen LogP contribution >= 0.6 is 0 Å². The molecule has 4 heteroatoms. The second kappa shape index (κ2) is 10.7. The van der Waals surface area contributed by atoms with Gasteiger partial charge in [0.15, 0.2) is 11.5 Å². The standard InChI is InChI=1S/C20H27NO3/c1-22-13-6-12-21-16-18-9-10-19(20(15-18)23-2)24-14-11-17-7-4-3-5-8-17/h3-5,7-10,15,21H,6,11-14,16H2,1-2H3. The SMILES string of the molecule is COCCCNCc1ccc(OCCc2ccccc2)c(OC)c1. The van der Waals surface area contributed by atoms with Crippen molar-refractivity contribution in [3.8, 4) is 11.5 Å². The van der Waals surface area contributed by atoms with Crippen LogP contribution < -0.4 is 14.8 Å². The van der Waals surface area contributed by atoms with E-state index in [1.165, 1.54) is 11.1 Å². The summed E-state index contributed by atoms with van der Waals surface area (Å²) in [5.74, 6) is 1.57. The molecule has 0 aromatic heterocycles. The molecule has 0 saturated carbocycles. The molecule has 2 rings (SSSR count). The highest BCUT2D eigenvalue weighted by atomic mass is 16.5. The van der Waals surface area contributed by atoms with Crippen LogP contribution in [-0.2, 0) is 17.7 Å². The highest BCUT2D eigenvalue weighted by Crippen LogP contribution is 2.28. The zero-order valence-corrected chi connectivity index (χ0v) is 14.6. The zero-order valence-electron chi connectivity index (χ0n) is 14.6. The van der Waals surface area contributed by atoms with Gasteiger partial charge in [-0.2, -0.15) is 0 Å². The lowest BCUT2D eigenvalue weighted by atomic mass is 10.1. The van der Waals surface area contributed by atoms with E-state index < -0.39 is 0 Å². The summed E-state index contributed by atoms with van der Waals surface area (Å²) in [6.45, 7) is 3.16. The summed E-state index contributed by atoms with van der Waals surface area (Å²) in [6.07, 6.45) is 1.89. The summed E-state index contributed by atoms with van der Waals surface area (Å²) < 4.78 is 16.4. The first kappa shape index (κ1) is 18.3. The first-order valence-corrected chi connectivity index (χ1v) is 8.37. The van der Waals surface area contributed by atoms with Crippen molar-refractivity contribution in [2.24, 2.45) is 0 Å². The van der Waals surface area contributed by atoms with Crippen LogP contribution in [0.2, 0.25) is 0 Å². The van der Waals surface area contributed by atoms with Crippen LogP contribution in [0.15, 0.2) is 48.5 Å². The average molecular weight is 329 g/mol. The van der Waals surface area contributed by atoms with Crippen LogP contribution in [0.3, 0.4) is 0 Å². The third-order valence-electron chi connectivity index (χ3n) is 3.75. The van der Waals surface area contributed by atoms with E-state index in [2.05, 4.69) is 23.5 Å². The third-order valence-corrected chi connectivity index (χ3v) is 3.75. The molecule has 2 aromatic rings. The van der Waals surface area contributed by atoms with Crippen molar-refractivity contribution in [2.45, 2.75) is 19.4 Å². The minimum atomic E-state index is 0.634. The lowest BCUT2D eigenvalue weighted by Gasteiger charge is -2.13. The van der Waals surface area contributed by atoms with E-state index >= 15 is 0 Å². The average Bonchev–Trinajstić information content (AvgIpc) is 2.63. The van der Waals surface area contributed by atoms with Crippen LogP contribution in [0.1, 0.15) is 17.5 Å². The molecule has 4 nitrogen and oxygen atoms in total. The van der Waals surface area contributed by atoms with E-state index in [4.69, 9.17) is 14.2 Å². The molecule has 0 heterocycles. The molecule has 0 aliphatic carbocycles. The van der Waals surface area contributed by atoms with Gasteiger partial charge in [-0.1, -0.05) is 36.4 Å². The number of nitrogens with one attached hydrogen (secondary N) is 1. The Bertz CT molecular complexity index is 587. The fraction of sp³-hybridized carbons (Fsp3) is 0.400. The summed E-state index contributed by atoms with van der Waals surface area (Å²) in [4.78, 5) is 0. The summed E-state index contributed by atoms with van der Waals surface area (Å²) in [6, 6.07) is 16.4. The molecular formula is C20H27NO3. The lowest BCUT2D eigenvalue weighted by molar-refractivity contribution is 0.194. The van der Waals surface area contributed by atoms with E-state index in [9.17, 15) is 0 Å². The molecule has 0 unspecified atom stereocenters. The Morgan fingerprint density at radius 2 is 1.71 bits per heavy atom. The van der Waals surface area contributed by atoms with Crippen molar-refractivity contribution in [3.05, 3.63) is 59.7 Å². The van der Waals surface area contributed by atoms with Crippen LogP contribution in [0.5, 0.6) is 11.5 Å². The summed E-state index contributed by atoms with van der Waals surface area (Å²) in [7, 11) is 3.40. The molecule has 1 N–H and O–H groups in total. The van der Waals surface area contributed by atoms with Gasteiger partial charge in [-0.25, -0.2) is 0 Å². The molecule has 0 aliphatic heterocycles. The summed E-state index contributed by atoms with van der Waals surface area (Å²) in [5, 5.41) is 3.40. The molecule has 0 amide bonds. The summed E-state index contributed by atoms with van der Waals surface area (Å²) >= 11 is 0. The monoisotopic (exact) mass is 329 g/mol. The van der Waals surface area contributed by atoms with Crippen LogP contribution in [0.25, 0.3) is 0 Å². The molecular weight excluding hydrogens is 302 g/mol. The molecule has 0 radical (unpaired) electrons. The van der Waals surface area contributed by atoms with Gasteiger partial charge in [-0.05, 0) is 36.2 Å². The van der Waals surface area contributed by atoms with Gasteiger partial charge >= 0.3 is 0 Å². The molecule has 2 aromatic carbocycles. The number of rotatable bonds is 11. The third kappa shape index (κ3) is 6.22. The van der Waals surface area contributed by atoms with Gasteiger partial charge < -0.3 is 19.5 Å². The van der Waals surface area contributed by atoms with Gasteiger partial charge in [0, 0.05) is 26.7 Å². The van der Waals surface area contributed by atoms with Gasteiger partial charge in [-0.3, -0.25) is 0 Å². The normalized spacial score (nSPS) is 10.6. The number of hydrogen-bond donors (Lipinski definition) is 1. The first-order chi connectivity index (χ1) is 11.8. The van der Waals surface area contributed by atoms with Gasteiger partial charge in [-0.15, -0.1) is 0 Å². The van der Waals surface area contributed by atoms with Crippen LogP contribution in [-0.4, -0.2) is 34.0 Å². The van der Waals surface area contributed by atoms with Crippen molar-refractivity contribution in [1.29, 1.82) is 0 Å². The van der Waals surface area contributed by atoms with Crippen LogP contribution in [0, 0.1) is 0 Å². The van der Waals surface area contributed by atoms with Gasteiger partial charge in [0.1, 0.15) is 0 Å².